The summed E-state index contributed by atoms with van der Waals surface area (Å²) in [7, 11) is -2.77. The zero-order valence-electron chi connectivity index (χ0n) is 10.7. The third-order valence-corrected chi connectivity index (χ3v) is 6.12. The van der Waals surface area contributed by atoms with Gasteiger partial charge in [-0.1, -0.05) is 17.7 Å². The molecule has 1 fully saturated rings. The average molecular weight is 300 g/mol. The molecule has 5 heteroatoms. The maximum atomic E-state index is 11.4. The lowest BCUT2D eigenvalue weighted by Gasteiger charge is -2.27. The van der Waals surface area contributed by atoms with Crippen LogP contribution in [0.25, 0.3) is 0 Å². The molecular weight excluding hydrogens is 282 g/mol. The molecule has 1 aliphatic carbocycles. The molecule has 1 aromatic carbocycles. The molecule has 1 unspecified atom stereocenters. The summed E-state index contributed by atoms with van der Waals surface area (Å²) in [6.07, 6.45) is 3.61. The SMILES string of the molecule is O=S1(=O)CCC(NC2CCc3cc(Cl)ccc32)CC1. The molecule has 3 rings (SSSR count). The van der Waals surface area contributed by atoms with Crippen LogP contribution in [0.5, 0.6) is 0 Å². The number of halogens is 1. The quantitative estimate of drug-likeness (QED) is 0.912. The van der Waals surface area contributed by atoms with Crippen LogP contribution in [0.2, 0.25) is 5.02 Å². The van der Waals surface area contributed by atoms with E-state index in [2.05, 4.69) is 11.4 Å². The molecule has 0 radical (unpaired) electrons. The minimum atomic E-state index is -2.77. The van der Waals surface area contributed by atoms with Crippen LogP contribution in [0.4, 0.5) is 0 Å². The van der Waals surface area contributed by atoms with Gasteiger partial charge in [0.05, 0.1) is 11.5 Å². The van der Waals surface area contributed by atoms with Crippen molar-refractivity contribution in [3.05, 3.63) is 34.3 Å². The fraction of sp³-hybridized carbons (Fsp3) is 0.571. The third kappa shape index (κ3) is 2.96. The summed E-state index contributed by atoms with van der Waals surface area (Å²) in [5, 5.41) is 4.42. The molecule has 104 valence electrons. The van der Waals surface area contributed by atoms with Gasteiger partial charge in [0.25, 0.3) is 0 Å². The number of hydrogen-bond acceptors (Lipinski definition) is 3. The van der Waals surface area contributed by atoms with Crippen LogP contribution < -0.4 is 5.32 Å². The Kier molecular flexibility index (Phi) is 3.58. The van der Waals surface area contributed by atoms with Gasteiger partial charge in [-0.3, -0.25) is 0 Å². The summed E-state index contributed by atoms with van der Waals surface area (Å²) in [6, 6.07) is 6.77. The van der Waals surface area contributed by atoms with Gasteiger partial charge in [0.1, 0.15) is 9.84 Å². The first-order chi connectivity index (χ1) is 9.03. The van der Waals surface area contributed by atoms with Gasteiger partial charge >= 0.3 is 0 Å². The minimum Gasteiger partial charge on any atom is -0.307 e. The predicted molar refractivity (Wildman–Crippen MR) is 77.3 cm³/mol. The molecule has 1 heterocycles. The number of aryl methyl sites for hydroxylation is 1. The van der Waals surface area contributed by atoms with E-state index >= 15 is 0 Å². The van der Waals surface area contributed by atoms with Crippen molar-refractivity contribution >= 4 is 21.4 Å². The Morgan fingerprint density at radius 2 is 1.89 bits per heavy atom. The van der Waals surface area contributed by atoms with E-state index in [1.54, 1.807) is 0 Å². The first kappa shape index (κ1) is 13.4. The van der Waals surface area contributed by atoms with Crippen molar-refractivity contribution in [2.24, 2.45) is 0 Å². The van der Waals surface area contributed by atoms with Crippen molar-refractivity contribution in [1.29, 1.82) is 0 Å². The van der Waals surface area contributed by atoms with Crippen molar-refractivity contribution in [2.75, 3.05) is 11.5 Å². The second-order valence-electron chi connectivity index (χ2n) is 5.53. The van der Waals surface area contributed by atoms with Gasteiger partial charge in [-0.05, 0) is 48.9 Å². The van der Waals surface area contributed by atoms with E-state index < -0.39 is 9.84 Å². The molecule has 0 spiro atoms. The zero-order chi connectivity index (χ0) is 13.5. The van der Waals surface area contributed by atoms with Crippen molar-refractivity contribution in [3.8, 4) is 0 Å². The molecule has 2 aliphatic rings. The van der Waals surface area contributed by atoms with Gasteiger partial charge in [0.2, 0.25) is 0 Å². The topological polar surface area (TPSA) is 46.2 Å². The Morgan fingerprint density at radius 3 is 2.63 bits per heavy atom. The molecular formula is C14H18ClNO2S. The Hall–Kier alpha value is -0.580. The van der Waals surface area contributed by atoms with E-state index in [0.717, 1.165) is 30.7 Å². The smallest absolute Gasteiger partial charge is 0.150 e. The van der Waals surface area contributed by atoms with Gasteiger partial charge in [-0.15, -0.1) is 0 Å². The van der Waals surface area contributed by atoms with Crippen molar-refractivity contribution in [3.63, 3.8) is 0 Å². The highest BCUT2D eigenvalue weighted by Gasteiger charge is 2.28. The Balaban J connectivity index is 1.67. The van der Waals surface area contributed by atoms with E-state index in [1.165, 1.54) is 11.1 Å². The number of nitrogens with one attached hydrogen (secondary N) is 1. The van der Waals surface area contributed by atoms with Crippen LogP contribution in [-0.4, -0.2) is 26.0 Å². The highest BCUT2D eigenvalue weighted by Crippen LogP contribution is 2.33. The fourth-order valence-electron chi connectivity index (χ4n) is 3.10. The van der Waals surface area contributed by atoms with E-state index in [-0.39, 0.29) is 0 Å². The monoisotopic (exact) mass is 299 g/mol. The second kappa shape index (κ2) is 5.08. The molecule has 1 aromatic rings. The Bertz CT molecular complexity index is 571. The Morgan fingerprint density at radius 1 is 1.16 bits per heavy atom. The predicted octanol–water partition coefficient (Wildman–Crippen LogP) is 2.49. The van der Waals surface area contributed by atoms with E-state index in [0.29, 0.717) is 23.6 Å². The summed E-state index contributed by atoms with van der Waals surface area (Å²) < 4.78 is 22.9. The molecule has 0 saturated carbocycles. The lowest BCUT2D eigenvalue weighted by Crippen LogP contribution is -2.39. The van der Waals surface area contributed by atoms with Gasteiger partial charge in [0, 0.05) is 17.1 Å². The molecule has 1 aliphatic heterocycles. The van der Waals surface area contributed by atoms with Crippen LogP contribution >= 0.6 is 11.6 Å². The normalized spacial score (nSPS) is 26.3. The first-order valence-corrected chi connectivity index (χ1v) is 8.98. The van der Waals surface area contributed by atoms with Crippen LogP contribution in [0.1, 0.15) is 36.4 Å². The average Bonchev–Trinajstić information content (AvgIpc) is 2.74. The Labute approximate surface area is 119 Å². The number of benzene rings is 1. The van der Waals surface area contributed by atoms with Crippen LogP contribution in [0, 0.1) is 0 Å². The largest absolute Gasteiger partial charge is 0.307 e. The van der Waals surface area contributed by atoms with E-state index in [1.807, 2.05) is 12.1 Å². The summed E-state index contributed by atoms with van der Waals surface area (Å²) in [6.45, 7) is 0. The maximum Gasteiger partial charge on any atom is 0.150 e. The number of hydrogen-bond donors (Lipinski definition) is 1. The highest BCUT2D eigenvalue weighted by molar-refractivity contribution is 7.91. The number of rotatable bonds is 2. The molecule has 0 amide bonds. The van der Waals surface area contributed by atoms with Gasteiger partial charge in [-0.25, -0.2) is 8.42 Å². The van der Waals surface area contributed by atoms with Crippen molar-refractivity contribution in [2.45, 2.75) is 37.8 Å². The molecule has 0 aromatic heterocycles. The van der Waals surface area contributed by atoms with Gasteiger partial charge in [-0.2, -0.15) is 0 Å². The summed E-state index contributed by atoms with van der Waals surface area (Å²) >= 11 is 6.01. The maximum absolute atomic E-state index is 11.4. The third-order valence-electron chi connectivity index (χ3n) is 4.17. The zero-order valence-corrected chi connectivity index (χ0v) is 12.3. The lowest BCUT2D eigenvalue weighted by atomic mass is 10.1. The summed E-state index contributed by atoms with van der Waals surface area (Å²) in [5.41, 5.74) is 2.66. The van der Waals surface area contributed by atoms with Crippen molar-refractivity contribution in [1.82, 2.24) is 5.32 Å². The molecule has 3 nitrogen and oxygen atoms in total. The van der Waals surface area contributed by atoms with E-state index in [9.17, 15) is 8.42 Å². The molecule has 0 bridgehead atoms. The molecule has 19 heavy (non-hydrogen) atoms. The van der Waals surface area contributed by atoms with Crippen LogP contribution in [0.3, 0.4) is 0 Å². The standard InChI is InChI=1S/C14H18ClNO2S/c15-11-2-3-13-10(9-11)1-4-14(13)16-12-5-7-19(17,18)8-6-12/h2-3,9,12,14,16H,1,4-8H2. The highest BCUT2D eigenvalue weighted by atomic mass is 35.5. The number of fused-ring (bicyclic) bond motifs is 1. The summed E-state index contributed by atoms with van der Waals surface area (Å²) in [4.78, 5) is 0. The molecule has 1 saturated heterocycles. The van der Waals surface area contributed by atoms with Crippen LogP contribution in [0.15, 0.2) is 18.2 Å². The molecule has 1 N–H and O–H groups in total. The van der Waals surface area contributed by atoms with Gasteiger partial charge in [0.15, 0.2) is 0 Å². The number of sulfone groups is 1. The summed E-state index contributed by atoms with van der Waals surface area (Å²) in [5.74, 6) is 0.649. The molecule has 1 atom stereocenters. The fourth-order valence-corrected chi connectivity index (χ4v) is 4.79. The van der Waals surface area contributed by atoms with Crippen molar-refractivity contribution < 1.29 is 8.42 Å². The minimum absolute atomic E-state index is 0.324. The first-order valence-electron chi connectivity index (χ1n) is 6.78. The second-order valence-corrected chi connectivity index (χ2v) is 8.27. The van der Waals surface area contributed by atoms with Gasteiger partial charge < -0.3 is 5.32 Å². The van der Waals surface area contributed by atoms with E-state index in [4.69, 9.17) is 11.6 Å². The lowest BCUT2D eigenvalue weighted by molar-refractivity contribution is 0.403. The van der Waals surface area contributed by atoms with Crippen LogP contribution in [-0.2, 0) is 16.3 Å².